The summed E-state index contributed by atoms with van der Waals surface area (Å²) in [5, 5.41) is 0. The van der Waals surface area contributed by atoms with Gasteiger partial charge in [0.05, 0.1) is 0 Å². The maximum absolute atomic E-state index is 12.8. The second-order valence-electron chi connectivity index (χ2n) is 18.2. The molecule has 354 valence electrons. The molecule has 0 aliphatic rings. The highest BCUT2D eigenvalue weighted by molar-refractivity contribution is 5.71. The summed E-state index contributed by atoms with van der Waals surface area (Å²) < 4.78 is 16.8. The number of carbonyl (C=O) groups is 3. The Kier molecular flexibility index (Phi) is 48.3. The zero-order valence-corrected chi connectivity index (χ0v) is 40.5. The average molecular weight is 847 g/mol. The highest BCUT2D eigenvalue weighted by Gasteiger charge is 2.19. The second kappa shape index (κ2) is 49.8. The Morgan fingerprint density at radius 1 is 0.317 bits per heavy atom. The summed E-state index contributed by atoms with van der Waals surface area (Å²) in [6.45, 7) is 6.64. The quantitative estimate of drug-likeness (QED) is 0.0263. The number of ether oxygens (including phenoxy) is 3. The van der Waals surface area contributed by atoms with Crippen molar-refractivity contribution in [2.75, 3.05) is 13.2 Å². The van der Waals surface area contributed by atoms with Crippen molar-refractivity contribution < 1.29 is 28.6 Å². The Hall–Kier alpha value is -1.85. The van der Waals surface area contributed by atoms with Gasteiger partial charge in [-0.2, -0.15) is 0 Å². The molecule has 0 aromatic carbocycles. The molecule has 60 heavy (non-hydrogen) atoms. The summed E-state index contributed by atoms with van der Waals surface area (Å²) in [7, 11) is 0. The predicted molar refractivity (Wildman–Crippen MR) is 256 cm³/mol. The fourth-order valence-electron chi connectivity index (χ4n) is 7.97. The minimum absolute atomic E-state index is 0.0665. The van der Waals surface area contributed by atoms with Gasteiger partial charge in [0.1, 0.15) is 13.2 Å². The smallest absolute Gasteiger partial charge is 0.306 e. The number of hydrogen-bond donors (Lipinski definition) is 0. The van der Waals surface area contributed by atoms with Crippen molar-refractivity contribution in [3.63, 3.8) is 0 Å². The van der Waals surface area contributed by atoms with Crippen molar-refractivity contribution in [2.45, 2.75) is 303 Å². The molecule has 0 saturated heterocycles. The van der Waals surface area contributed by atoms with Crippen molar-refractivity contribution in [2.24, 2.45) is 0 Å². The SMILES string of the molecule is CCCCCC/C=C\CCCCCCCCCC(=O)OC(COC(=O)CCCCCCCCCCC)COC(=O)CCCCCCCCCCCCCCCCCCCC. The third-order valence-electron chi connectivity index (χ3n) is 12.0. The first-order chi connectivity index (χ1) is 29.5. The lowest BCUT2D eigenvalue weighted by atomic mass is 10.0. The zero-order valence-electron chi connectivity index (χ0n) is 40.5. The van der Waals surface area contributed by atoms with Crippen molar-refractivity contribution in [3.05, 3.63) is 12.2 Å². The van der Waals surface area contributed by atoms with Crippen LogP contribution in [0.3, 0.4) is 0 Å². The highest BCUT2D eigenvalue weighted by atomic mass is 16.6. The molecule has 0 N–H and O–H groups in total. The van der Waals surface area contributed by atoms with Gasteiger partial charge in [0.15, 0.2) is 6.10 Å². The van der Waals surface area contributed by atoms with Crippen molar-refractivity contribution in [1.29, 1.82) is 0 Å². The van der Waals surface area contributed by atoms with Crippen LogP contribution >= 0.6 is 0 Å². The normalized spacial score (nSPS) is 12.0. The van der Waals surface area contributed by atoms with Gasteiger partial charge >= 0.3 is 17.9 Å². The molecule has 0 saturated carbocycles. The first-order valence-corrected chi connectivity index (χ1v) is 26.7. The molecule has 0 aromatic rings. The van der Waals surface area contributed by atoms with Crippen LogP contribution in [0.15, 0.2) is 12.2 Å². The summed E-state index contributed by atoms with van der Waals surface area (Å²) in [4.78, 5) is 37.9. The zero-order chi connectivity index (χ0) is 43.7. The molecule has 0 aliphatic carbocycles. The van der Waals surface area contributed by atoms with E-state index in [2.05, 4.69) is 32.9 Å². The lowest BCUT2D eigenvalue weighted by molar-refractivity contribution is -0.167. The third kappa shape index (κ3) is 47.2. The molecule has 1 unspecified atom stereocenters. The Morgan fingerprint density at radius 3 is 0.850 bits per heavy atom. The van der Waals surface area contributed by atoms with Gasteiger partial charge in [-0.15, -0.1) is 0 Å². The maximum Gasteiger partial charge on any atom is 0.306 e. The Morgan fingerprint density at radius 2 is 0.550 bits per heavy atom. The van der Waals surface area contributed by atoms with E-state index in [4.69, 9.17) is 14.2 Å². The van der Waals surface area contributed by atoms with E-state index in [1.165, 1.54) is 199 Å². The standard InChI is InChI=1S/C54H102O6/c1-4-7-10-13-16-19-21-23-25-26-27-29-30-32-35-38-41-44-47-53(56)59-50-51(49-58-52(55)46-43-40-37-34-18-15-12-9-6-3)60-54(57)48-45-42-39-36-33-31-28-24-22-20-17-14-11-8-5-2/h20,22,51H,4-19,21,23-50H2,1-3H3/b22-20-. The largest absolute Gasteiger partial charge is 0.462 e. The van der Waals surface area contributed by atoms with Crippen LogP contribution in [0.4, 0.5) is 0 Å². The fourth-order valence-corrected chi connectivity index (χ4v) is 7.97. The second-order valence-corrected chi connectivity index (χ2v) is 18.2. The van der Waals surface area contributed by atoms with Crippen LogP contribution in [0.5, 0.6) is 0 Å². The van der Waals surface area contributed by atoms with Crippen LogP contribution in [0, 0.1) is 0 Å². The molecule has 6 heteroatoms. The highest BCUT2D eigenvalue weighted by Crippen LogP contribution is 2.16. The number of carbonyl (C=O) groups excluding carboxylic acids is 3. The van der Waals surface area contributed by atoms with E-state index in [1.807, 2.05) is 0 Å². The van der Waals surface area contributed by atoms with Crippen molar-refractivity contribution in [3.8, 4) is 0 Å². The molecular formula is C54H102O6. The van der Waals surface area contributed by atoms with E-state index in [0.717, 1.165) is 57.8 Å². The molecule has 0 aromatic heterocycles. The monoisotopic (exact) mass is 847 g/mol. The van der Waals surface area contributed by atoms with Crippen LogP contribution in [-0.4, -0.2) is 37.2 Å². The van der Waals surface area contributed by atoms with Crippen molar-refractivity contribution >= 4 is 17.9 Å². The summed E-state index contributed by atoms with van der Waals surface area (Å²) in [6, 6.07) is 0. The molecular weight excluding hydrogens is 745 g/mol. The molecule has 0 heterocycles. The number of unbranched alkanes of at least 4 members (excludes halogenated alkanes) is 36. The third-order valence-corrected chi connectivity index (χ3v) is 12.0. The summed E-state index contributed by atoms with van der Waals surface area (Å²) in [5.41, 5.74) is 0. The Bertz CT molecular complexity index is 931. The number of hydrogen-bond acceptors (Lipinski definition) is 6. The average Bonchev–Trinajstić information content (AvgIpc) is 3.24. The van der Waals surface area contributed by atoms with Gasteiger partial charge in [-0.05, 0) is 44.9 Å². The van der Waals surface area contributed by atoms with Gasteiger partial charge in [0, 0.05) is 19.3 Å². The van der Waals surface area contributed by atoms with Crippen LogP contribution in [-0.2, 0) is 28.6 Å². The molecule has 0 spiro atoms. The Labute approximate surface area is 373 Å². The van der Waals surface area contributed by atoms with E-state index in [-0.39, 0.29) is 31.1 Å². The maximum atomic E-state index is 12.8. The van der Waals surface area contributed by atoms with Gasteiger partial charge in [-0.25, -0.2) is 0 Å². The summed E-state index contributed by atoms with van der Waals surface area (Å²) >= 11 is 0. The Balaban J connectivity index is 4.25. The predicted octanol–water partition coefficient (Wildman–Crippen LogP) is 17.4. The molecule has 0 rings (SSSR count). The van der Waals surface area contributed by atoms with Crippen LogP contribution < -0.4 is 0 Å². The van der Waals surface area contributed by atoms with E-state index in [1.54, 1.807) is 0 Å². The fraction of sp³-hybridized carbons (Fsp3) is 0.907. The summed E-state index contributed by atoms with van der Waals surface area (Å²) in [6.07, 6.45) is 54.9. The number of allylic oxidation sites excluding steroid dienone is 2. The van der Waals surface area contributed by atoms with Gasteiger partial charge in [0.2, 0.25) is 0 Å². The first-order valence-electron chi connectivity index (χ1n) is 26.7. The molecule has 0 radical (unpaired) electrons. The van der Waals surface area contributed by atoms with E-state index in [0.29, 0.717) is 19.3 Å². The topological polar surface area (TPSA) is 78.9 Å². The number of rotatable bonds is 49. The van der Waals surface area contributed by atoms with Gasteiger partial charge in [-0.1, -0.05) is 245 Å². The molecule has 1 atom stereocenters. The molecule has 6 nitrogen and oxygen atoms in total. The van der Waals surface area contributed by atoms with E-state index in [9.17, 15) is 14.4 Å². The molecule has 0 fully saturated rings. The van der Waals surface area contributed by atoms with Gasteiger partial charge < -0.3 is 14.2 Å². The first kappa shape index (κ1) is 58.1. The lowest BCUT2D eigenvalue weighted by Crippen LogP contribution is -2.30. The molecule has 0 bridgehead atoms. The lowest BCUT2D eigenvalue weighted by Gasteiger charge is -2.18. The molecule has 0 amide bonds. The van der Waals surface area contributed by atoms with E-state index < -0.39 is 6.10 Å². The van der Waals surface area contributed by atoms with Crippen LogP contribution in [0.1, 0.15) is 297 Å². The molecule has 0 aliphatic heterocycles. The van der Waals surface area contributed by atoms with Crippen LogP contribution in [0.2, 0.25) is 0 Å². The van der Waals surface area contributed by atoms with E-state index >= 15 is 0 Å². The number of esters is 3. The van der Waals surface area contributed by atoms with Crippen LogP contribution in [0.25, 0.3) is 0 Å². The minimum Gasteiger partial charge on any atom is -0.462 e. The van der Waals surface area contributed by atoms with Crippen molar-refractivity contribution in [1.82, 2.24) is 0 Å². The van der Waals surface area contributed by atoms with Gasteiger partial charge in [-0.3, -0.25) is 14.4 Å². The minimum atomic E-state index is -0.765. The van der Waals surface area contributed by atoms with Gasteiger partial charge in [0.25, 0.3) is 0 Å². The summed E-state index contributed by atoms with van der Waals surface area (Å²) in [5.74, 6) is -0.856.